The van der Waals surface area contributed by atoms with Crippen molar-refractivity contribution < 1.29 is 9.53 Å². The number of benzene rings is 3. The number of amides is 1. The van der Waals surface area contributed by atoms with Gasteiger partial charge in [-0.05, 0) is 55.3 Å². The Balaban J connectivity index is 1.45. The maximum atomic E-state index is 13.0. The monoisotopic (exact) mass is 453 g/mol. The van der Waals surface area contributed by atoms with Crippen LogP contribution in [0.4, 0.5) is 0 Å². The Bertz CT molecular complexity index is 1360. The summed E-state index contributed by atoms with van der Waals surface area (Å²) in [5, 5.41) is 0.530. The van der Waals surface area contributed by atoms with Crippen molar-refractivity contribution in [3.63, 3.8) is 0 Å². The molecular weight excluding hydrogens is 426 g/mol. The number of rotatable bonds is 8. The molecule has 1 heterocycles. The number of carbonyl (C=O) groups excluding carboxylic acids is 1. The Morgan fingerprint density at radius 3 is 2.59 bits per heavy atom. The Morgan fingerprint density at radius 1 is 1.03 bits per heavy atom. The maximum absolute atomic E-state index is 13.0. The Kier molecular flexibility index (Phi) is 7.18. The van der Waals surface area contributed by atoms with E-state index in [0.717, 1.165) is 16.9 Å². The average molecular weight is 454 g/mol. The molecule has 4 rings (SSSR count). The number of fused-ring (bicyclic) bond motifs is 1. The number of carbonyl (C=O) groups is 1. The number of H-pyrrole nitrogens is 1. The minimum absolute atomic E-state index is 0.0746. The van der Waals surface area contributed by atoms with Gasteiger partial charge in [-0.2, -0.15) is 0 Å². The van der Waals surface area contributed by atoms with E-state index in [9.17, 15) is 9.59 Å². The molecule has 1 aromatic heterocycles. The van der Waals surface area contributed by atoms with E-state index >= 15 is 0 Å². The van der Waals surface area contributed by atoms with Gasteiger partial charge in [0.05, 0.1) is 17.4 Å². The van der Waals surface area contributed by atoms with Gasteiger partial charge in [-0.3, -0.25) is 9.59 Å². The smallest absolute Gasteiger partial charge is 0.258 e. The van der Waals surface area contributed by atoms with Gasteiger partial charge in [0.1, 0.15) is 18.2 Å². The molecule has 172 valence electrons. The van der Waals surface area contributed by atoms with E-state index in [0.29, 0.717) is 23.3 Å². The lowest BCUT2D eigenvalue weighted by molar-refractivity contribution is -0.128. The zero-order valence-corrected chi connectivity index (χ0v) is 19.3. The molecule has 0 aliphatic rings. The van der Waals surface area contributed by atoms with Gasteiger partial charge in [0.15, 0.2) is 0 Å². The van der Waals surface area contributed by atoms with E-state index in [-0.39, 0.29) is 24.1 Å². The minimum Gasteiger partial charge on any atom is -0.489 e. The average Bonchev–Trinajstić information content (AvgIpc) is 2.85. The first-order valence-corrected chi connectivity index (χ1v) is 11.2. The van der Waals surface area contributed by atoms with Gasteiger partial charge >= 0.3 is 0 Å². The first-order chi connectivity index (χ1) is 16.5. The highest BCUT2D eigenvalue weighted by atomic mass is 16.5. The summed E-state index contributed by atoms with van der Waals surface area (Å²) in [5.74, 6) is 1.02. The summed E-state index contributed by atoms with van der Waals surface area (Å²) >= 11 is 0. The third-order valence-electron chi connectivity index (χ3n) is 5.41. The first kappa shape index (κ1) is 23.0. The Hall–Kier alpha value is -4.19. The number of aromatic amines is 1. The predicted octanol–water partition coefficient (Wildman–Crippen LogP) is 4.95. The number of nitrogens with one attached hydrogen (secondary N) is 1. The second-order valence-corrected chi connectivity index (χ2v) is 8.27. The van der Waals surface area contributed by atoms with Crippen LogP contribution in [0.3, 0.4) is 0 Å². The Morgan fingerprint density at radius 2 is 1.79 bits per heavy atom. The van der Waals surface area contributed by atoms with Crippen molar-refractivity contribution in [1.29, 1.82) is 0 Å². The third kappa shape index (κ3) is 5.78. The summed E-state index contributed by atoms with van der Waals surface area (Å²) in [7, 11) is 0. The topological polar surface area (TPSA) is 75.3 Å². The standard InChI is InChI=1S/C28H27N3O3/c1-20(2)31(18-26-29-25-14-7-6-13-24(25)28(33)30-26)27(32)16-15-21-11-8-12-23(17-21)34-19-22-9-4-3-5-10-22/h3-17,20H,18-19H2,1-2H3,(H,29,30,33)/b16-15-. The van der Waals surface area contributed by atoms with Crippen LogP contribution in [0.5, 0.6) is 5.75 Å². The van der Waals surface area contributed by atoms with Crippen LogP contribution in [0.15, 0.2) is 89.7 Å². The number of para-hydroxylation sites is 1. The van der Waals surface area contributed by atoms with Gasteiger partial charge in [-0.1, -0.05) is 54.6 Å². The van der Waals surface area contributed by atoms with Crippen molar-refractivity contribution in [3.8, 4) is 5.75 Å². The number of hydrogen-bond acceptors (Lipinski definition) is 4. The molecule has 6 heteroatoms. The molecular formula is C28H27N3O3. The molecule has 0 fully saturated rings. The summed E-state index contributed by atoms with van der Waals surface area (Å²) in [6.45, 7) is 4.55. The van der Waals surface area contributed by atoms with Crippen LogP contribution < -0.4 is 10.3 Å². The van der Waals surface area contributed by atoms with Gasteiger partial charge in [0, 0.05) is 12.1 Å². The summed E-state index contributed by atoms with van der Waals surface area (Å²) in [6.07, 6.45) is 3.30. The lowest BCUT2D eigenvalue weighted by Gasteiger charge is -2.25. The molecule has 0 saturated heterocycles. The molecule has 3 aromatic carbocycles. The van der Waals surface area contributed by atoms with Crippen molar-refractivity contribution >= 4 is 22.9 Å². The van der Waals surface area contributed by atoms with Crippen molar-refractivity contribution in [2.24, 2.45) is 0 Å². The van der Waals surface area contributed by atoms with Gasteiger partial charge in [0.2, 0.25) is 5.91 Å². The zero-order chi connectivity index (χ0) is 23.9. The molecule has 0 saturated carbocycles. The highest BCUT2D eigenvalue weighted by Crippen LogP contribution is 2.17. The Labute approximate surface area is 198 Å². The number of aromatic nitrogens is 2. The van der Waals surface area contributed by atoms with E-state index in [1.807, 2.05) is 74.5 Å². The van der Waals surface area contributed by atoms with E-state index in [1.54, 1.807) is 29.2 Å². The fraction of sp³-hybridized carbons (Fsp3) is 0.179. The summed E-state index contributed by atoms with van der Waals surface area (Å²) < 4.78 is 5.88. The van der Waals surface area contributed by atoms with Crippen molar-refractivity contribution in [2.45, 2.75) is 33.0 Å². The molecule has 6 nitrogen and oxygen atoms in total. The van der Waals surface area contributed by atoms with Crippen molar-refractivity contribution in [3.05, 3.63) is 112 Å². The minimum atomic E-state index is -0.209. The lowest BCUT2D eigenvalue weighted by Crippen LogP contribution is -2.36. The van der Waals surface area contributed by atoms with Gasteiger partial charge < -0.3 is 14.6 Å². The highest BCUT2D eigenvalue weighted by Gasteiger charge is 2.17. The highest BCUT2D eigenvalue weighted by molar-refractivity contribution is 5.92. The van der Waals surface area contributed by atoms with Gasteiger partial charge in [-0.15, -0.1) is 0 Å². The fourth-order valence-electron chi connectivity index (χ4n) is 3.60. The lowest BCUT2D eigenvalue weighted by atomic mass is 10.2. The third-order valence-corrected chi connectivity index (χ3v) is 5.41. The van der Waals surface area contributed by atoms with Crippen LogP contribution in [0, 0.1) is 0 Å². The summed E-state index contributed by atoms with van der Waals surface area (Å²) in [6, 6.07) is 24.7. The molecule has 0 unspecified atom stereocenters. The van der Waals surface area contributed by atoms with Crippen molar-refractivity contribution in [1.82, 2.24) is 14.9 Å². The van der Waals surface area contributed by atoms with Crippen LogP contribution in [0.2, 0.25) is 0 Å². The second-order valence-electron chi connectivity index (χ2n) is 8.27. The van der Waals surface area contributed by atoms with E-state index in [2.05, 4.69) is 9.97 Å². The largest absolute Gasteiger partial charge is 0.489 e. The van der Waals surface area contributed by atoms with Crippen LogP contribution in [-0.2, 0) is 17.9 Å². The molecule has 0 radical (unpaired) electrons. The van der Waals surface area contributed by atoms with E-state index in [4.69, 9.17) is 4.74 Å². The van der Waals surface area contributed by atoms with Crippen LogP contribution in [0.25, 0.3) is 17.0 Å². The predicted molar refractivity (Wildman–Crippen MR) is 134 cm³/mol. The molecule has 1 N–H and O–H groups in total. The second kappa shape index (κ2) is 10.6. The molecule has 0 aliphatic carbocycles. The molecule has 0 atom stereocenters. The number of nitrogens with zero attached hydrogens (tertiary/aromatic N) is 2. The molecule has 0 bridgehead atoms. The fourth-order valence-corrected chi connectivity index (χ4v) is 3.60. The molecule has 4 aromatic rings. The normalized spacial score (nSPS) is 11.3. The quantitative estimate of drug-likeness (QED) is 0.383. The van der Waals surface area contributed by atoms with Crippen molar-refractivity contribution in [2.75, 3.05) is 0 Å². The molecule has 1 amide bonds. The van der Waals surface area contributed by atoms with Crippen LogP contribution in [-0.4, -0.2) is 26.8 Å². The molecule has 34 heavy (non-hydrogen) atoms. The molecule has 0 spiro atoms. The molecule has 0 aliphatic heterocycles. The van der Waals surface area contributed by atoms with Gasteiger partial charge in [-0.25, -0.2) is 4.98 Å². The SMILES string of the molecule is CC(C)N(Cc1nc2ccccc2c(=O)[nH]1)C(=O)/C=C\c1cccc(OCc2ccccc2)c1. The summed E-state index contributed by atoms with van der Waals surface area (Å²) in [5.41, 5.74) is 2.35. The van der Waals surface area contributed by atoms with Crippen LogP contribution in [0.1, 0.15) is 30.8 Å². The van der Waals surface area contributed by atoms with E-state index in [1.165, 1.54) is 6.08 Å². The van der Waals surface area contributed by atoms with Crippen LogP contribution >= 0.6 is 0 Å². The van der Waals surface area contributed by atoms with Gasteiger partial charge in [0.25, 0.3) is 5.56 Å². The zero-order valence-electron chi connectivity index (χ0n) is 19.3. The van der Waals surface area contributed by atoms with E-state index < -0.39 is 0 Å². The summed E-state index contributed by atoms with van der Waals surface area (Å²) in [4.78, 5) is 34.4. The maximum Gasteiger partial charge on any atom is 0.258 e. The first-order valence-electron chi connectivity index (χ1n) is 11.2. The number of hydrogen-bond donors (Lipinski definition) is 1. The number of ether oxygens (including phenoxy) is 1.